The number of hydrogen-bond donors (Lipinski definition) is 1. The Hall–Kier alpha value is -1.92. The fourth-order valence-electron chi connectivity index (χ4n) is 0.863. The predicted octanol–water partition coefficient (Wildman–Crippen LogP) is 2.96. The zero-order chi connectivity index (χ0) is 13.5. The monoisotopic (exact) mass is 286 g/mol. The van der Waals surface area contributed by atoms with Crippen LogP contribution in [0.25, 0.3) is 0 Å². The summed E-state index contributed by atoms with van der Waals surface area (Å²) in [6.07, 6.45) is 2.75. The van der Waals surface area contributed by atoms with Crippen LogP contribution in [-0.2, 0) is 0 Å². The molecule has 2 heterocycles. The highest BCUT2D eigenvalue weighted by Gasteiger charge is 2.03. The third-order valence-corrected chi connectivity index (χ3v) is 2.10. The standard InChI is InChI=1S/C5H3ClN2O2.C5H5ClN2/c6-4-1-2-5(7-3-4)8(9)10;6-4-1-2-5(7)8-3-4/h1-3H;1-3H,(H2,7,8). The van der Waals surface area contributed by atoms with Crippen LogP contribution in [0.5, 0.6) is 0 Å². The normalized spacial score (nSPS) is 9.22. The van der Waals surface area contributed by atoms with Crippen molar-refractivity contribution in [2.75, 3.05) is 5.73 Å². The van der Waals surface area contributed by atoms with Gasteiger partial charge in [-0.1, -0.05) is 23.2 Å². The van der Waals surface area contributed by atoms with Gasteiger partial charge < -0.3 is 15.8 Å². The van der Waals surface area contributed by atoms with E-state index >= 15 is 0 Å². The van der Waals surface area contributed by atoms with Crippen LogP contribution in [-0.4, -0.2) is 14.9 Å². The van der Waals surface area contributed by atoms with Crippen molar-refractivity contribution in [3.63, 3.8) is 0 Å². The third kappa shape index (κ3) is 4.94. The second-order valence-electron chi connectivity index (χ2n) is 2.99. The largest absolute Gasteiger partial charge is 0.384 e. The first-order chi connectivity index (χ1) is 8.49. The van der Waals surface area contributed by atoms with E-state index in [1.54, 1.807) is 12.1 Å². The van der Waals surface area contributed by atoms with Gasteiger partial charge in [0.1, 0.15) is 5.82 Å². The Kier molecular flexibility index (Phi) is 5.29. The maximum absolute atomic E-state index is 10.0. The van der Waals surface area contributed by atoms with Crippen molar-refractivity contribution in [1.82, 2.24) is 9.97 Å². The average Bonchev–Trinajstić information content (AvgIpc) is 2.34. The number of nitrogens with zero attached hydrogens (tertiary/aromatic N) is 3. The molecule has 0 aliphatic rings. The minimum absolute atomic E-state index is 0.190. The van der Waals surface area contributed by atoms with Crippen LogP contribution in [0.1, 0.15) is 0 Å². The van der Waals surface area contributed by atoms with E-state index in [0.717, 1.165) is 0 Å². The number of hydrogen-bond acceptors (Lipinski definition) is 5. The second kappa shape index (κ2) is 6.73. The van der Waals surface area contributed by atoms with Gasteiger partial charge in [-0.3, -0.25) is 0 Å². The summed E-state index contributed by atoms with van der Waals surface area (Å²) in [5.41, 5.74) is 5.26. The van der Waals surface area contributed by atoms with Gasteiger partial charge in [-0.05, 0) is 28.1 Å². The lowest BCUT2D eigenvalue weighted by Gasteiger charge is -1.88. The molecule has 8 heteroatoms. The number of anilines is 1. The lowest BCUT2D eigenvalue weighted by Crippen LogP contribution is -1.89. The van der Waals surface area contributed by atoms with Gasteiger partial charge in [-0.2, -0.15) is 0 Å². The molecule has 2 aromatic heterocycles. The molecule has 18 heavy (non-hydrogen) atoms. The van der Waals surface area contributed by atoms with Crippen molar-refractivity contribution in [3.05, 3.63) is 56.8 Å². The fourth-order valence-corrected chi connectivity index (χ4v) is 1.09. The molecule has 0 bridgehead atoms. The molecule has 0 spiro atoms. The summed E-state index contributed by atoms with van der Waals surface area (Å²) >= 11 is 10.9. The zero-order valence-electron chi connectivity index (χ0n) is 8.96. The van der Waals surface area contributed by atoms with E-state index in [4.69, 9.17) is 28.9 Å². The first kappa shape index (κ1) is 14.1. The van der Waals surface area contributed by atoms with Gasteiger partial charge in [0, 0.05) is 12.3 Å². The molecule has 0 radical (unpaired) electrons. The van der Waals surface area contributed by atoms with Crippen molar-refractivity contribution in [2.24, 2.45) is 0 Å². The lowest BCUT2D eigenvalue weighted by atomic mass is 10.5. The molecule has 0 saturated carbocycles. The van der Waals surface area contributed by atoms with Crippen LogP contribution in [0.3, 0.4) is 0 Å². The molecule has 0 amide bonds. The SMILES string of the molecule is Nc1ccc(Cl)cn1.O=[N+]([O-])c1ccc(Cl)cn1. The van der Waals surface area contributed by atoms with Crippen molar-refractivity contribution in [2.45, 2.75) is 0 Å². The van der Waals surface area contributed by atoms with Gasteiger partial charge in [-0.25, -0.2) is 4.98 Å². The van der Waals surface area contributed by atoms with Gasteiger partial charge >= 0.3 is 5.82 Å². The maximum Gasteiger partial charge on any atom is 0.363 e. The molecular weight excluding hydrogens is 279 g/mol. The number of nitrogen functional groups attached to an aromatic ring is 1. The summed E-state index contributed by atoms with van der Waals surface area (Å²) in [7, 11) is 0. The molecule has 2 aromatic rings. The summed E-state index contributed by atoms with van der Waals surface area (Å²) in [5, 5.41) is 11.0. The van der Waals surface area contributed by atoms with Gasteiger partial charge in [0.25, 0.3) is 0 Å². The highest BCUT2D eigenvalue weighted by atomic mass is 35.5. The first-order valence-corrected chi connectivity index (χ1v) is 5.37. The summed E-state index contributed by atoms with van der Waals surface area (Å²) in [6, 6.07) is 6.03. The van der Waals surface area contributed by atoms with E-state index in [-0.39, 0.29) is 5.82 Å². The highest BCUT2D eigenvalue weighted by molar-refractivity contribution is 6.30. The minimum atomic E-state index is -0.573. The van der Waals surface area contributed by atoms with Gasteiger partial charge in [0.15, 0.2) is 6.20 Å². The Bertz CT molecular complexity index is 495. The number of aromatic nitrogens is 2. The minimum Gasteiger partial charge on any atom is -0.384 e. The van der Waals surface area contributed by atoms with Crippen LogP contribution in [0.2, 0.25) is 10.0 Å². The van der Waals surface area contributed by atoms with E-state index in [2.05, 4.69) is 9.97 Å². The van der Waals surface area contributed by atoms with Crippen molar-refractivity contribution in [1.29, 1.82) is 0 Å². The number of rotatable bonds is 1. The smallest absolute Gasteiger partial charge is 0.363 e. The number of pyridine rings is 2. The molecule has 0 fully saturated rings. The molecule has 0 atom stereocenters. The Morgan fingerprint density at radius 3 is 1.94 bits per heavy atom. The summed E-state index contributed by atoms with van der Waals surface area (Å²) in [5.74, 6) is 0.304. The predicted molar refractivity (Wildman–Crippen MR) is 69.6 cm³/mol. The Morgan fingerprint density at radius 1 is 1.06 bits per heavy atom. The molecular formula is C10H8Cl2N4O2. The van der Waals surface area contributed by atoms with Gasteiger partial charge in [-0.15, -0.1) is 0 Å². The molecule has 2 rings (SSSR count). The Labute approximate surface area is 113 Å². The van der Waals surface area contributed by atoms with E-state index in [1.807, 2.05) is 0 Å². The molecule has 6 nitrogen and oxygen atoms in total. The highest BCUT2D eigenvalue weighted by Crippen LogP contribution is 2.10. The average molecular weight is 287 g/mol. The van der Waals surface area contributed by atoms with E-state index in [9.17, 15) is 10.1 Å². The maximum atomic E-state index is 10.0. The van der Waals surface area contributed by atoms with Gasteiger partial charge in [0.05, 0.1) is 10.0 Å². The second-order valence-corrected chi connectivity index (χ2v) is 3.87. The van der Waals surface area contributed by atoms with Crippen molar-refractivity contribution < 1.29 is 4.92 Å². The Balaban J connectivity index is 0.000000184. The van der Waals surface area contributed by atoms with E-state index in [1.165, 1.54) is 24.5 Å². The van der Waals surface area contributed by atoms with Crippen LogP contribution >= 0.6 is 23.2 Å². The number of nitro groups is 1. The lowest BCUT2D eigenvalue weighted by molar-refractivity contribution is -0.389. The molecule has 94 valence electrons. The van der Waals surface area contributed by atoms with Gasteiger partial charge in [0.2, 0.25) is 0 Å². The van der Waals surface area contributed by atoms with Crippen LogP contribution in [0, 0.1) is 10.1 Å². The fraction of sp³-hybridized carbons (Fsp3) is 0. The molecule has 0 unspecified atom stereocenters. The van der Waals surface area contributed by atoms with Crippen LogP contribution in [0.4, 0.5) is 11.6 Å². The van der Waals surface area contributed by atoms with E-state index in [0.29, 0.717) is 15.9 Å². The number of halogens is 2. The molecule has 0 aromatic carbocycles. The van der Waals surface area contributed by atoms with Crippen molar-refractivity contribution in [3.8, 4) is 0 Å². The quantitative estimate of drug-likeness (QED) is 0.642. The topological polar surface area (TPSA) is 94.9 Å². The van der Waals surface area contributed by atoms with E-state index < -0.39 is 4.92 Å². The Morgan fingerprint density at radius 2 is 1.61 bits per heavy atom. The number of nitrogens with two attached hydrogens (primary N) is 1. The molecule has 0 saturated heterocycles. The molecule has 2 N–H and O–H groups in total. The first-order valence-electron chi connectivity index (χ1n) is 4.62. The molecule has 0 aliphatic heterocycles. The zero-order valence-corrected chi connectivity index (χ0v) is 10.5. The van der Waals surface area contributed by atoms with Crippen LogP contribution in [0.15, 0.2) is 36.7 Å². The summed E-state index contributed by atoms with van der Waals surface area (Å²) in [4.78, 5) is 16.6. The summed E-state index contributed by atoms with van der Waals surface area (Å²) < 4.78 is 0. The van der Waals surface area contributed by atoms with Crippen molar-refractivity contribution >= 4 is 34.8 Å². The van der Waals surface area contributed by atoms with Crippen LogP contribution < -0.4 is 5.73 Å². The molecule has 0 aliphatic carbocycles. The summed E-state index contributed by atoms with van der Waals surface area (Å²) in [6.45, 7) is 0. The third-order valence-electron chi connectivity index (χ3n) is 1.65.